The summed E-state index contributed by atoms with van der Waals surface area (Å²) in [4.78, 5) is 33.0. The SMILES string of the molecule is CSCC[C@@H](NC(=O)c1ccccc1)C(=O)N1CCN(c2cccc[nH+]2)CC1. The highest BCUT2D eigenvalue weighted by Crippen LogP contribution is 2.13. The average Bonchev–Trinajstić information content (AvgIpc) is 2.77. The van der Waals surface area contributed by atoms with Crippen LogP contribution in [0.15, 0.2) is 54.7 Å². The molecule has 148 valence electrons. The molecule has 1 aliphatic rings. The molecule has 1 saturated heterocycles. The third-order valence-electron chi connectivity index (χ3n) is 4.87. The smallest absolute Gasteiger partial charge is 0.274 e. The number of H-pyrrole nitrogens is 1. The summed E-state index contributed by atoms with van der Waals surface area (Å²) in [5.74, 6) is 1.70. The maximum atomic E-state index is 13.1. The van der Waals surface area contributed by atoms with Gasteiger partial charge in [0.05, 0.1) is 19.3 Å². The number of hydrogen-bond acceptors (Lipinski definition) is 4. The van der Waals surface area contributed by atoms with E-state index in [1.165, 1.54) is 0 Å². The van der Waals surface area contributed by atoms with E-state index in [1.807, 2.05) is 53.8 Å². The van der Waals surface area contributed by atoms with Crippen molar-refractivity contribution in [2.75, 3.05) is 43.1 Å². The molecule has 2 amide bonds. The van der Waals surface area contributed by atoms with E-state index in [9.17, 15) is 9.59 Å². The second kappa shape index (κ2) is 10.1. The summed E-state index contributed by atoms with van der Waals surface area (Å²) >= 11 is 1.68. The topological polar surface area (TPSA) is 66.8 Å². The van der Waals surface area contributed by atoms with Crippen LogP contribution in [0.4, 0.5) is 5.82 Å². The summed E-state index contributed by atoms with van der Waals surface area (Å²) in [5.41, 5.74) is 0.578. The minimum Gasteiger partial charge on any atom is -0.340 e. The highest BCUT2D eigenvalue weighted by molar-refractivity contribution is 7.98. The van der Waals surface area contributed by atoms with E-state index < -0.39 is 6.04 Å². The van der Waals surface area contributed by atoms with Gasteiger partial charge in [0.25, 0.3) is 11.7 Å². The van der Waals surface area contributed by atoms with E-state index in [0.717, 1.165) is 24.7 Å². The quantitative estimate of drug-likeness (QED) is 0.770. The summed E-state index contributed by atoms with van der Waals surface area (Å²) in [6, 6.07) is 14.6. The Hall–Kier alpha value is -2.54. The Kier molecular flexibility index (Phi) is 7.31. The normalized spacial score (nSPS) is 15.2. The van der Waals surface area contributed by atoms with Crippen molar-refractivity contribution < 1.29 is 14.6 Å². The molecular formula is C21H27N4O2S+. The van der Waals surface area contributed by atoms with Crippen LogP contribution in [0.3, 0.4) is 0 Å². The van der Waals surface area contributed by atoms with Gasteiger partial charge in [-0.25, -0.2) is 4.98 Å². The first-order chi connectivity index (χ1) is 13.7. The molecule has 0 bridgehead atoms. The number of nitrogens with zero attached hydrogens (tertiary/aromatic N) is 2. The Morgan fingerprint density at radius 1 is 1.07 bits per heavy atom. The number of thioether (sulfide) groups is 1. The average molecular weight is 400 g/mol. The maximum absolute atomic E-state index is 13.1. The van der Waals surface area contributed by atoms with Gasteiger partial charge >= 0.3 is 0 Å². The van der Waals surface area contributed by atoms with E-state index >= 15 is 0 Å². The summed E-state index contributed by atoms with van der Waals surface area (Å²) in [5, 5.41) is 2.94. The van der Waals surface area contributed by atoms with E-state index in [1.54, 1.807) is 23.9 Å². The third kappa shape index (κ3) is 5.25. The first-order valence-corrected chi connectivity index (χ1v) is 10.9. The van der Waals surface area contributed by atoms with Gasteiger partial charge < -0.3 is 10.2 Å². The number of carbonyl (C=O) groups is 2. The Morgan fingerprint density at radius 2 is 1.79 bits per heavy atom. The molecule has 2 heterocycles. The summed E-state index contributed by atoms with van der Waals surface area (Å²) in [6.07, 6.45) is 4.55. The Balaban J connectivity index is 1.61. The van der Waals surface area contributed by atoms with Crippen molar-refractivity contribution >= 4 is 29.4 Å². The number of carbonyl (C=O) groups excluding carboxylic acids is 2. The van der Waals surface area contributed by atoms with Crippen molar-refractivity contribution in [3.8, 4) is 0 Å². The van der Waals surface area contributed by atoms with Crippen molar-refractivity contribution in [3.63, 3.8) is 0 Å². The zero-order valence-electron chi connectivity index (χ0n) is 16.1. The molecule has 2 N–H and O–H groups in total. The molecule has 0 saturated carbocycles. The number of benzene rings is 1. The number of rotatable bonds is 7. The monoisotopic (exact) mass is 399 g/mol. The van der Waals surface area contributed by atoms with Crippen molar-refractivity contribution in [1.82, 2.24) is 10.2 Å². The molecule has 0 radical (unpaired) electrons. The highest BCUT2D eigenvalue weighted by atomic mass is 32.2. The van der Waals surface area contributed by atoms with Gasteiger partial charge in [0.2, 0.25) is 5.91 Å². The number of hydrogen-bond donors (Lipinski definition) is 1. The van der Waals surface area contributed by atoms with Gasteiger partial charge in [-0.1, -0.05) is 24.3 Å². The van der Waals surface area contributed by atoms with E-state index in [4.69, 9.17) is 0 Å². The molecule has 6 nitrogen and oxygen atoms in total. The van der Waals surface area contributed by atoms with Crippen molar-refractivity contribution in [1.29, 1.82) is 0 Å². The van der Waals surface area contributed by atoms with Crippen LogP contribution in [0.1, 0.15) is 16.8 Å². The number of aromatic nitrogens is 1. The van der Waals surface area contributed by atoms with Gasteiger partial charge in [0.1, 0.15) is 19.1 Å². The molecule has 1 atom stereocenters. The summed E-state index contributed by atoms with van der Waals surface area (Å²) in [6.45, 7) is 2.85. The Labute approximate surface area is 170 Å². The van der Waals surface area contributed by atoms with Crippen molar-refractivity contribution in [2.24, 2.45) is 0 Å². The molecular weight excluding hydrogens is 372 g/mol. The molecule has 1 aliphatic heterocycles. The molecule has 2 aromatic rings. The number of anilines is 1. The minimum atomic E-state index is -0.491. The van der Waals surface area contributed by atoms with Crippen LogP contribution in [-0.2, 0) is 4.79 Å². The second-order valence-corrected chi connectivity index (χ2v) is 7.72. The fraction of sp³-hybridized carbons (Fsp3) is 0.381. The van der Waals surface area contributed by atoms with E-state index in [-0.39, 0.29) is 11.8 Å². The summed E-state index contributed by atoms with van der Waals surface area (Å²) < 4.78 is 0. The van der Waals surface area contributed by atoms with Crippen LogP contribution in [0.2, 0.25) is 0 Å². The summed E-state index contributed by atoms with van der Waals surface area (Å²) in [7, 11) is 0. The van der Waals surface area contributed by atoms with E-state index in [2.05, 4.69) is 15.2 Å². The Bertz CT molecular complexity index is 764. The van der Waals surface area contributed by atoms with Crippen LogP contribution < -0.4 is 15.2 Å². The zero-order chi connectivity index (χ0) is 19.8. The lowest BCUT2D eigenvalue weighted by molar-refractivity contribution is -0.364. The van der Waals surface area contributed by atoms with Crippen molar-refractivity contribution in [2.45, 2.75) is 12.5 Å². The zero-order valence-corrected chi connectivity index (χ0v) is 17.0. The highest BCUT2D eigenvalue weighted by Gasteiger charge is 2.31. The van der Waals surface area contributed by atoms with Gasteiger partial charge in [0, 0.05) is 11.6 Å². The van der Waals surface area contributed by atoms with Gasteiger partial charge in [-0.3, -0.25) is 14.5 Å². The first kappa shape index (κ1) is 20.2. The lowest BCUT2D eigenvalue weighted by Crippen LogP contribution is -2.55. The molecule has 28 heavy (non-hydrogen) atoms. The fourth-order valence-electron chi connectivity index (χ4n) is 3.29. The van der Waals surface area contributed by atoms with Gasteiger partial charge in [-0.2, -0.15) is 11.8 Å². The standard InChI is InChI=1S/C21H26N4O2S/c1-28-16-10-18(23-20(26)17-7-3-2-4-8-17)21(27)25-14-12-24(13-15-25)19-9-5-6-11-22-19/h2-9,11,18H,10,12-16H2,1H3,(H,23,26)/p+1/t18-/m1/s1. The lowest BCUT2D eigenvalue weighted by Gasteiger charge is -2.33. The number of aromatic amines is 1. The molecule has 3 rings (SSSR count). The van der Waals surface area contributed by atoms with Crippen LogP contribution in [0.25, 0.3) is 0 Å². The van der Waals surface area contributed by atoms with Gasteiger partial charge in [-0.15, -0.1) is 0 Å². The van der Waals surface area contributed by atoms with Crippen LogP contribution >= 0.6 is 11.8 Å². The molecule has 1 fully saturated rings. The van der Waals surface area contributed by atoms with Gasteiger partial charge in [-0.05, 0) is 36.6 Å². The fourth-order valence-corrected chi connectivity index (χ4v) is 3.76. The van der Waals surface area contributed by atoms with Crippen molar-refractivity contribution in [3.05, 3.63) is 60.3 Å². The van der Waals surface area contributed by atoms with Crippen LogP contribution in [0.5, 0.6) is 0 Å². The first-order valence-electron chi connectivity index (χ1n) is 9.54. The number of amides is 2. The van der Waals surface area contributed by atoms with Crippen LogP contribution in [-0.4, -0.2) is 60.9 Å². The molecule has 1 aromatic carbocycles. The minimum absolute atomic E-state index is 0.00928. The third-order valence-corrected chi connectivity index (χ3v) is 5.52. The molecule has 1 aromatic heterocycles. The van der Waals surface area contributed by atoms with E-state index in [0.29, 0.717) is 25.1 Å². The maximum Gasteiger partial charge on any atom is 0.274 e. The van der Waals surface area contributed by atoms with Gasteiger partial charge in [0.15, 0.2) is 0 Å². The lowest BCUT2D eigenvalue weighted by atomic mass is 10.1. The molecule has 7 heteroatoms. The Morgan fingerprint density at radius 3 is 2.43 bits per heavy atom. The number of nitrogens with one attached hydrogen (secondary N) is 2. The second-order valence-electron chi connectivity index (χ2n) is 6.73. The predicted octanol–water partition coefficient (Wildman–Crippen LogP) is 1.70. The number of pyridine rings is 1. The molecule has 0 unspecified atom stereocenters. The largest absolute Gasteiger partial charge is 0.340 e. The van der Waals surface area contributed by atoms with Crippen LogP contribution in [0, 0.1) is 0 Å². The molecule has 0 aliphatic carbocycles. The number of piperazine rings is 1. The molecule has 0 spiro atoms. The predicted molar refractivity (Wildman–Crippen MR) is 112 cm³/mol.